The first-order valence-electron chi connectivity index (χ1n) is 12.3. The standard InChI is InChI=1S/C30H27N3O5/c1-20(31)27(34)33(30(36)37-19-21-10-4-2-5-11-21)32-28(35)26(29(32)38-25-14-6-3-7-15-25)24-17-16-22-12-8-9-13-23(22)18-24/h2-18,20,26,29H,19,31H2,1H3/t20-,26+,29-/m0/s1. The number of ether oxygens (including phenoxy) is 2. The van der Waals surface area contributed by atoms with Crippen molar-refractivity contribution in [1.29, 1.82) is 0 Å². The molecule has 0 unspecified atom stereocenters. The number of imide groups is 1. The fraction of sp³-hybridized carbons (Fsp3) is 0.167. The lowest BCUT2D eigenvalue weighted by Crippen LogP contribution is -2.71. The molecule has 0 spiro atoms. The fourth-order valence-corrected chi connectivity index (χ4v) is 4.38. The molecule has 0 bridgehead atoms. The molecular formula is C30H27N3O5. The van der Waals surface area contributed by atoms with Gasteiger partial charge in [-0.2, -0.15) is 5.01 Å². The molecule has 0 aliphatic carbocycles. The Labute approximate surface area is 220 Å². The number of β-lactam (4-membered cyclic amide) rings is 1. The van der Waals surface area contributed by atoms with E-state index in [4.69, 9.17) is 15.2 Å². The number of hydrogen-bond donors (Lipinski definition) is 1. The van der Waals surface area contributed by atoms with Crippen molar-refractivity contribution in [1.82, 2.24) is 10.0 Å². The molecule has 5 rings (SSSR count). The normalized spacial score (nSPS) is 17.4. The second-order valence-corrected chi connectivity index (χ2v) is 9.07. The van der Waals surface area contributed by atoms with Crippen LogP contribution >= 0.6 is 0 Å². The van der Waals surface area contributed by atoms with Crippen LogP contribution in [0.3, 0.4) is 0 Å². The Balaban J connectivity index is 1.48. The van der Waals surface area contributed by atoms with Crippen LogP contribution in [0.5, 0.6) is 5.75 Å². The lowest BCUT2D eigenvalue weighted by molar-refractivity contribution is -0.207. The Bertz CT molecular complexity index is 1460. The summed E-state index contributed by atoms with van der Waals surface area (Å²) in [5.41, 5.74) is 7.31. The summed E-state index contributed by atoms with van der Waals surface area (Å²) in [7, 11) is 0. The summed E-state index contributed by atoms with van der Waals surface area (Å²) in [6, 6.07) is 30.4. The van der Waals surface area contributed by atoms with E-state index in [-0.39, 0.29) is 6.61 Å². The number of nitrogens with two attached hydrogens (primary N) is 1. The van der Waals surface area contributed by atoms with E-state index in [0.717, 1.165) is 21.3 Å². The SMILES string of the molecule is C[C@H](N)C(=O)N(C(=O)OCc1ccccc1)N1C(=O)[C@@H](c2ccc3ccccc3c2)[C@@H]1Oc1ccccc1. The minimum Gasteiger partial charge on any atom is -0.467 e. The number of para-hydroxylation sites is 1. The molecule has 0 aromatic heterocycles. The average Bonchev–Trinajstić information content (AvgIpc) is 2.95. The Morgan fingerprint density at radius 1 is 0.895 bits per heavy atom. The molecule has 2 N–H and O–H groups in total. The van der Waals surface area contributed by atoms with Gasteiger partial charge in [0.15, 0.2) is 0 Å². The predicted molar refractivity (Wildman–Crippen MR) is 142 cm³/mol. The number of carbonyl (C=O) groups excluding carboxylic acids is 3. The van der Waals surface area contributed by atoms with Crippen molar-refractivity contribution in [3.05, 3.63) is 114 Å². The van der Waals surface area contributed by atoms with Gasteiger partial charge < -0.3 is 15.2 Å². The molecule has 4 aromatic rings. The Morgan fingerprint density at radius 3 is 2.21 bits per heavy atom. The maximum absolute atomic E-state index is 13.6. The van der Waals surface area contributed by atoms with Crippen molar-refractivity contribution in [2.75, 3.05) is 0 Å². The van der Waals surface area contributed by atoms with E-state index in [1.54, 1.807) is 36.4 Å². The third-order valence-corrected chi connectivity index (χ3v) is 6.34. The van der Waals surface area contributed by atoms with Gasteiger partial charge in [-0.25, -0.2) is 4.79 Å². The molecule has 8 nitrogen and oxygen atoms in total. The molecule has 4 aromatic carbocycles. The maximum Gasteiger partial charge on any atom is 0.436 e. The topological polar surface area (TPSA) is 102 Å². The summed E-state index contributed by atoms with van der Waals surface area (Å²) >= 11 is 0. The smallest absolute Gasteiger partial charge is 0.436 e. The number of fused-ring (bicyclic) bond motifs is 1. The van der Waals surface area contributed by atoms with Gasteiger partial charge in [-0.15, -0.1) is 5.01 Å². The molecule has 192 valence electrons. The first-order chi connectivity index (χ1) is 18.4. The van der Waals surface area contributed by atoms with Crippen LogP contribution in [-0.4, -0.2) is 40.2 Å². The van der Waals surface area contributed by atoms with Crippen LogP contribution in [0.15, 0.2) is 103 Å². The molecule has 8 heteroatoms. The zero-order valence-electron chi connectivity index (χ0n) is 20.8. The van der Waals surface area contributed by atoms with Crippen LogP contribution in [0.2, 0.25) is 0 Å². The van der Waals surface area contributed by atoms with Gasteiger partial charge in [0, 0.05) is 0 Å². The van der Waals surface area contributed by atoms with Crippen molar-refractivity contribution in [2.24, 2.45) is 5.73 Å². The van der Waals surface area contributed by atoms with E-state index >= 15 is 0 Å². The van der Waals surface area contributed by atoms with Gasteiger partial charge in [-0.3, -0.25) is 9.59 Å². The van der Waals surface area contributed by atoms with Gasteiger partial charge in [0.05, 0.1) is 6.04 Å². The van der Waals surface area contributed by atoms with E-state index in [1.165, 1.54) is 6.92 Å². The van der Waals surface area contributed by atoms with Crippen molar-refractivity contribution in [3.63, 3.8) is 0 Å². The summed E-state index contributed by atoms with van der Waals surface area (Å²) in [5, 5.41) is 3.66. The van der Waals surface area contributed by atoms with Crippen LogP contribution in [0.4, 0.5) is 4.79 Å². The monoisotopic (exact) mass is 509 g/mol. The average molecular weight is 510 g/mol. The minimum atomic E-state index is -1.07. The number of nitrogens with zero attached hydrogens (tertiary/aromatic N) is 2. The first kappa shape index (κ1) is 25.0. The van der Waals surface area contributed by atoms with E-state index in [9.17, 15) is 14.4 Å². The maximum atomic E-state index is 13.6. The number of hydrogen-bond acceptors (Lipinski definition) is 6. The molecule has 0 saturated carbocycles. The van der Waals surface area contributed by atoms with E-state index in [2.05, 4.69) is 0 Å². The number of carbonyl (C=O) groups is 3. The Morgan fingerprint density at radius 2 is 1.53 bits per heavy atom. The predicted octanol–water partition coefficient (Wildman–Crippen LogP) is 4.60. The summed E-state index contributed by atoms with van der Waals surface area (Å²) in [4.78, 5) is 40.0. The summed E-state index contributed by atoms with van der Waals surface area (Å²) < 4.78 is 11.6. The fourth-order valence-electron chi connectivity index (χ4n) is 4.38. The molecule has 3 atom stereocenters. The molecule has 1 aliphatic heterocycles. The zero-order valence-corrected chi connectivity index (χ0v) is 20.8. The molecule has 1 fully saturated rings. The third-order valence-electron chi connectivity index (χ3n) is 6.34. The highest BCUT2D eigenvalue weighted by Gasteiger charge is 2.56. The van der Waals surface area contributed by atoms with Gasteiger partial charge in [0.25, 0.3) is 11.8 Å². The molecule has 0 radical (unpaired) electrons. The molecule has 1 saturated heterocycles. The van der Waals surface area contributed by atoms with Crippen molar-refractivity contribution in [2.45, 2.75) is 31.7 Å². The van der Waals surface area contributed by atoms with E-state index < -0.39 is 36.1 Å². The van der Waals surface area contributed by atoms with Gasteiger partial charge in [-0.1, -0.05) is 91.0 Å². The molecule has 1 heterocycles. The quantitative estimate of drug-likeness (QED) is 0.366. The summed E-state index contributed by atoms with van der Waals surface area (Å²) in [6.45, 7) is 1.36. The zero-order chi connectivity index (χ0) is 26.6. The number of hydrazine groups is 1. The molecule has 38 heavy (non-hydrogen) atoms. The van der Waals surface area contributed by atoms with Crippen LogP contribution in [0.1, 0.15) is 24.0 Å². The van der Waals surface area contributed by atoms with Gasteiger partial charge in [0.2, 0.25) is 6.23 Å². The summed E-state index contributed by atoms with van der Waals surface area (Å²) in [6.07, 6.45) is -2.00. The second-order valence-electron chi connectivity index (χ2n) is 9.07. The molecule has 1 aliphatic rings. The third kappa shape index (κ3) is 4.94. The first-order valence-corrected chi connectivity index (χ1v) is 12.3. The number of rotatable bonds is 7. The van der Waals surface area contributed by atoms with Crippen molar-refractivity contribution >= 4 is 28.7 Å². The van der Waals surface area contributed by atoms with Crippen molar-refractivity contribution < 1.29 is 23.9 Å². The van der Waals surface area contributed by atoms with Gasteiger partial charge in [0.1, 0.15) is 18.3 Å². The van der Waals surface area contributed by atoms with Crippen LogP contribution in [0.25, 0.3) is 10.8 Å². The summed E-state index contributed by atoms with van der Waals surface area (Å²) in [5.74, 6) is -1.54. The number of amides is 3. The molecular weight excluding hydrogens is 482 g/mol. The van der Waals surface area contributed by atoms with Crippen LogP contribution in [-0.2, 0) is 20.9 Å². The van der Waals surface area contributed by atoms with Crippen molar-refractivity contribution in [3.8, 4) is 5.75 Å². The lowest BCUT2D eigenvalue weighted by Gasteiger charge is -2.49. The highest BCUT2D eigenvalue weighted by atomic mass is 16.6. The highest BCUT2D eigenvalue weighted by molar-refractivity contribution is 6.00. The van der Waals surface area contributed by atoms with Gasteiger partial charge in [-0.05, 0) is 41.0 Å². The molecule has 3 amide bonds. The Kier molecular flexibility index (Phi) is 7.06. The minimum absolute atomic E-state index is 0.0806. The largest absolute Gasteiger partial charge is 0.467 e. The van der Waals surface area contributed by atoms with E-state index in [1.807, 2.05) is 66.7 Å². The Hall–Kier alpha value is -4.69. The lowest BCUT2D eigenvalue weighted by atomic mass is 9.87. The second kappa shape index (κ2) is 10.7. The highest BCUT2D eigenvalue weighted by Crippen LogP contribution is 2.39. The van der Waals surface area contributed by atoms with Crippen LogP contribution in [0, 0.1) is 0 Å². The number of benzene rings is 4. The van der Waals surface area contributed by atoms with E-state index in [0.29, 0.717) is 16.3 Å². The van der Waals surface area contributed by atoms with Gasteiger partial charge >= 0.3 is 6.09 Å². The van der Waals surface area contributed by atoms with Crippen LogP contribution < -0.4 is 10.5 Å².